The van der Waals surface area contributed by atoms with Gasteiger partial charge >= 0.3 is 5.97 Å². The third kappa shape index (κ3) is 5.40. The van der Waals surface area contributed by atoms with Crippen LogP contribution < -0.4 is 10.0 Å². The topological polar surface area (TPSA) is 102 Å². The fraction of sp³-hybridized carbons (Fsp3) is 0.143. The van der Waals surface area contributed by atoms with Gasteiger partial charge in [0.1, 0.15) is 6.54 Å². The Labute approximate surface area is 168 Å². The zero-order valence-electron chi connectivity index (χ0n) is 15.7. The molecule has 0 radical (unpaired) electrons. The molecular weight excluding hydrogens is 392 g/mol. The van der Waals surface area contributed by atoms with Gasteiger partial charge in [0.2, 0.25) is 10.0 Å². The fourth-order valence-corrected chi connectivity index (χ4v) is 3.63. The molecule has 150 valence electrons. The van der Waals surface area contributed by atoms with Gasteiger partial charge in [0.05, 0.1) is 4.90 Å². The standard InChI is InChI=1S/C21H20N2O5S/c1-15(21(25)23-18-12-11-16-7-5-6-8-17(16)13-18)28-20(24)14-22-29(26,27)19-9-3-2-4-10-19/h2-13,15,22H,14H2,1H3,(H,23,25)/t15-/m1/s1. The number of ether oxygens (including phenoxy) is 1. The number of hydrogen-bond donors (Lipinski definition) is 2. The first-order chi connectivity index (χ1) is 13.8. The molecule has 8 heteroatoms. The Hall–Kier alpha value is -3.23. The summed E-state index contributed by atoms with van der Waals surface area (Å²) in [5.74, 6) is -1.37. The van der Waals surface area contributed by atoms with E-state index in [0.29, 0.717) is 5.69 Å². The first kappa shape index (κ1) is 20.5. The van der Waals surface area contributed by atoms with E-state index in [4.69, 9.17) is 4.74 Å². The number of amides is 1. The van der Waals surface area contributed by atoms with Crippen molar-refractivity contribution in [2.75, 3.05) is 11.9 Å². The summed E-state index contributed by atoms with van der Waals surface area (Å²) in [5.41, 5.74) is 0.571. The van der Waals surface area contributed by atoms with Crippen LogP contribution in [-0.4, -0.2) is 32.9 Å². The molecule has 0 saturated heterocycles. The van der Waals surface area contributed by atoms with E-state index in [9.17, 15) is 18.0 Å². The number of rotatable bonds is 7. The molecule has 7 nitrogen and oxygen atoms in total. The molecule has 0 fully saturated rings. The van der Waals surface area contributed by atoms with E-state index in [2.05, 4.69) is 10.0 Å². The van der Waals surface area contributed by atoms with Gasteiger partial charge in [-0.05, 0) is 42.0 Å². The van der Waals surface area contributed by atoms with Crippen LogP contribution in [0.3, 0.4) is 0 Å². The van der Waals surface area contributed by atoms with E-state index in [1.165, 1.54) is 19.1 Å². The largest absolute Gasteiger partial charge is 0.452 e. The van der Waals surface area contributed by atoms with Gasteiger partial charge in [0.25, 0.3) is 5.91 Å². The zero-order valence-corrected chi connectivity index (χ0v) is 16.5. The Morgan fingerprint density at radius 1 is 0.931 bits per heavy atom. The quantitative estimate of drug-likeness (QED) is 0.581. The fourth-order valence-electron chi connectivity index (χ4n) is 2.64. The van der Waals surface area contributed by atoms with Gasteiger partial charge in [-0.1, -0.05) is 48.5 Å². The summed E-state index contributed by atoms with van der Waals surface area (Å²) in [6, 6.07) is 20.8. The van der Waals surface area contributed by atoms with Crippen molar-refractivity contribution in [3.8, 4) is 0 Å². The lowest BCUT2D eigenvalue weighted by molar-refractivity contribution is -0.151. The summed E-state index contributed by atoms with van der Waals surface area (Å²) in [4.78, 5) is 24.3. The van der Waals surface area contributed by atoms with Crippen molar-refractivity contribution in [3.05, 3.63) is 72.8 Å². The normalized spacial score (nSPS) is 12.3. The smallest absolute Gasteiger partial charge is 0.321 e. The zero-order chi connectivity index (χ0) is 20.9. The second kappa shape index (κ2) is 8.85. The van der Waals surface area contributed by atoms with Crippen LogP contribution in [-0.2, 0) is 24.3 Å². The van der Waals surface area contributed by atoms with E-state index >= 15 is 0 Å². The van der Waals surface area contributed by atoms with Crippen LogP contribution in [0, 0.1) is 0 Å². The molecular formula is C21H20N2O5S. The molecule has 1 atom stereocenters. The summed E-state index contributed by atoms with van der Waals surface area (Å²) in [7, 11) is -3.83. The minimum atomic E-state index is -3.83. The highest BCUT2D eigenvalue weighted by molar-refractivity contribution is 7.89. The second-order valence-electron chi connectivity index (χ2n) is 6.32. The Kier molecular flexibility index (Phi) is 6.26. The van der Waals surface area contributed by atoms with E-state index in [1.807, 2.05) is 36.4 Å². The molecule has 3 aromatic carbocycles. The molecule has 0 bridgehead atoms. The molecule has 0 saturated carbocycles. The van der Waals surface area contributed by atoms with Crippen molar-refractivity contribution >= 4 is 38.4 Å². The molecule has 0 unspecified atom stereocenters. The molecule has 0 aromatic heterocycles. The molecule has 29 heavy (non-hydrogen) atoms. The molecule has 0 aliphatic carbocycles. The Morgan fingerprint density at radius 3 is 2.31 bits per heavy atom. The van der Waals surface area contributed by atoms with E-state index in [0.717, 1.165) is 10.8 Å². The van der Waals surface area contributed by atoms with Gasteiger partial charge in [-0.15, -0.1) is 0 Å². The first-order valence-electron chi connectivity index (χ1n) is 8.89. The monoisotopic (exact) mass is 412 g/mol. The van der Waals surface area contributed by atoms with Gasteiger partial charge in [0, 0.05) is 5.69 Å². The molecule has 0 heterocycles. The molecule has 3 aromatic rings. The average Bonchev–Trinajstić information content (AvgIpc) is 2.73. The molecule has 3 rings (SSSR count). The van der Waals surface area contributed by atoms with Crippen molar-refractivity contribution in [1.82, 2.24) is 4.72 Å². The average molecular weight is 412 g/mol. The van der Waals surface area contributed by atoms with Crippen LogP contribution in [0.15, 0.2) is 77.7 Å². The van der Waals surface area contributed by atoms with Crippen molar-refractivity contribution in [2.45, 2.75) is 17.9 Å². The minimum Gasteiger partial charge on any atom is -0.452 e. The van der Waals surface area contributed by atoms with E-state index in [1.54, 1.807) is 24.3 Å². The van der Waals surface area contributed by atoms with Gasteiger partial charge in [-0.25, -0.2) is 8.42 Å². The summed E-state index contributed by atoms with van der Waals surface area (Å²) < 4.78 is 31.4. The van der Waals surface area contributed by atoms with Gasteiger partial charge in [-0.2, -0.15) is 4.72 Å². The molecule has 1 amide bonds. The van der Waals surface area contributed by atoms with E-state index < -0.39 is 34.5 Å². The highest BCUT2D eigenvalue weighted by Gasteiger charge is 2.20. The third-order valence-corrected chi connectivity index (χ3v) is 5.57. The molecule has 0 aliphatic heterocycles. The van der Waals surface area contributed by atoms with Gasteiger partial charge < -0.3 is 10.1 Å². The van der Waals surface area contributed by atoms with Crippen LogP contribution in [0.25, 0.3) is 10.8 Å². The highest BCUT2D eigenvalue weighted by Crippen LogP contribution is 2.19. The van der Waals surface area contributed by atoms with Crippen LogP contribution in [0.2, 0.25) is 0 Å². The lowest BCUT2D eigenvalue weighted by atomic mass is 10.1. The van der Waals surface area contributed by atoms with Crippen molar-refractivity contribution in [2.24, 2.45) is 0 Å². The van der Waals surface area contributed by atoms with Crippen molar-refractivity contribution < 1.29 is 22.7 Å². The predicted molar refractivity (Wildman–Crippen MR) is 110 cm³/mol. The predicted octanol–water partition coefficient (Wildman–Crippen LogP) is 2.69. The van der Waals surface area contributed by atoms with Crippen LogP contribution in [0.5, 0.6) is 0 Å². The number of hydrogen-bond acceptors (Lipinski definition) is 5. The highest BCUT2D eigenvalue weighted by atomic mass is 32.2. The van der Waals surface area contributed by atoms with E-state index in [-0.39, 0.29) is 4.90 Å². The maximum atomic E-state index is 12.3. The summed E-state index contributed by atoms with van der Waals surface area (Å²) in [5, 5.41) is 4.68. The third-order valence-electron chi connectivity index (χ3n) is 4.15. The molecule has 0 spiro atoms. The lowest BCUT2D eigenvalue weighted by Gasteiger charge is -2.14. The SMILES string of the molecule is C[C@@H](OC(=O)CNS(=O)(=O)c1ccccc1)C(=O)Nc1ccc2ccccc2c1. The Bertz CT molecular complexity index is 1130. The number of anilines is 1. The summed E-state index contributed by atoms with van der Waals surface area (Å²) in [6.45, 7) is 0.838. The number of carbonyl (C=O) groups excluding carboxylic acids is 2. The number of benzene rings is 3. The first-order valence-corrected chi connectivity index (χ1v) is 10.4. The van der Waals surface area contributed by atoms with Crippen LogP contribution in [0.4, 0.5) is 5.69 Å². The number of esters is 1. The summed E-state index contributed by atoms with van der Waals surface area (Å²) >= 11 is 0. The number of carbonyl (C=O) groups is 2. The lowest BCUT2D eigenvalue weighted by Crippen LogP contribution is -2.35. The Morgan fingerprint density at radius 2 is 1.59 bits per heavy atom. The summed E-state index contributed by atoms with van der Waals surface area (Å²) in [6.07, 6.45) is -1.09. The maximum Gasteiger partial charge on any atom is 0.321 e. The van der Waals surface area contributed by atoms with Crippen LogP contribution >= 0.6 is 0 Å². The molecule has 2 N–H and O–H groups in total. The number of sulfonamides is 1. The second-order valence-corrected chi connectivity index (χ2v) is 8.09. The van der Waals surface area contributed by atoms with Gasteiger partial charge in [-0.3, -0.25) is 9.59 Å². The number of nitrogens with one attached hydrogen (secondary N) is 2. The maximum absolute atomic E-state index is 12.3. The van der Waals surface area contributed by atoms with Crippen LogP contribution in [0.1, 0.15) is 6.92 Å². The van der Waals surface area contributed by atoms with Gasteiger partial charge in [0.15, 0.2) is 6.10 Å². The van der Waals surface area contributed by atoms with Crippen molar-refractivity contribution in [3.63, 3.8) is 0 Å². The number of fused-ring (bicyclic) bond motifs is 1. The Balaban J connectivity index is 1.54. The minimum absolute atomic E-state index is 0.0369. The molecule has 0 aliphatic rings. The van der Waals surface area contributed by atoms with Crippen molar-refractivity contribution in [1.29, 1.82) is 0 Å².